The van der Waals surface area contributed by atoms with Gasteiger partial charge in [-0.15, -0.1) is 0 Å². The van der Waals surface area contributed by atoms with Crippen LogP contribution in [0.4, 0.5) is 4.39 Å². The van der Waals surface area contributed by atoms with Gasteiger partial charge in [-0.3, -0.25) is 4.79 Å². The van der Waals surface area contributed by atoms with E-state index >= 15 is 0 Å². The molecule has 1 unspecified atom stereocenters. The number of aliphatic hydroxyl groups excluding tert-OH is 1. The summed E-state index contributed by atoms with van der Waals surface area (Å²) in [6.45, 7) is 1.11. The maximum absolute atomic E-state index is 13.3. The quantitative estimate of drug-likeness (QED) is 0.496. The van der Waals surface area contributed by atoms with Crippen molar-refractivity contribution in [2.75, 3.05) is 26.8 Å². The SMILES string of the molecule is COc1ccc(CNCCC(O)CNC(=O)COc2ccc(Cl)c(F)c2)cc1. The summed E-state index contributed by atoms with van der Waals surface area (Å²) in [7, 11) is 1.62. The Labute approximate surface area is 168 Å². The maximum Gasteiger partial charge on any atom is 0.258 e. The van der Waals surface area contributed by atoms with Crippen molar-refractivity contribution in [1.82, 2.24) is 10.6 Å². The summed E-state index contributed by atoms with van der Waals surface area (Å²) < 4.78 is 23.6. The number of benzene rings is 2. The second kappa shape index (κ2) is 11.5. The van der Waals surface area contributed by atoms with Crippen molar-refractivity contribution in [3.63, 3.8) is 0 Å². The van der Waals surface area contributed by atoms with Crippen LogP contribution in [0.5, 0.6) is 11.5 Å². The number of ether oxygens (including phenoxy) is 2. The number of aliphatic hydroxyl groups is 1. The molecule has 6 nitrogen and oxygen atoms in total. The standard InChI is InChI=1S/C20H24ClFN2O4/c1-27-16-4-2-14(3-5-16)11-23-9-8-15(25)12-24-20(26)13-28-17-6-7-18(21)19(22)10-17/h2-7,10,15,23,25H,8-9,11-13H2,1H3,(H,24,26). The molecule has 0 aliphatic carbocycles. The van der Waals surface area contributed by atoms with Gasteiger partial charge in [0.1, 0.15) is 17.3 Å². The summed E-state index contributed by atoms with van der Waals surface area (Å²) in [5.41, 5.74) is 1.11. The van der Waals surface area contributed by atoms with Crippen molar-refractivity contribution in [2.24, 2.45) is 0 Å². The van der Waals surface area contributed by atoms with Crippen LogP contribution in [0.3, 0.4) is 0 Å². The normalized spacial score (nSPS) is 11.7. The highest BCUT2D eigenvalue weighted by molar-refractivity contribution is 6.30. The Morgan fingerprint density at radius 3 is 2.61 bits per heavy atom. The van der Waals surface area contributed by atoms with Crippen molar-refractivity contribution in [1.29, 1.82) is 0 Å². The predicted octanol–water partition coefficient (Wildman–Crippen LogP) is 2.52. The van der Waals surface area contributed by atoms with Crippen LogP contribution in [0.25, 0.3) is 0 Å². The fraction of sp³-hybridized carbons (Fsp3) is 0.350. The van der Waals surface area contributed by atoms with Crippen LogP contribution in [0.15, 0.2) is 42.5 Å². The van der Waals surface area contributed by atoms with Crippen LogP contribution in [0, 0.1) is 5.82 Å². The van der Waals surface area contributed by atoms with Crippen LogP contribution in [0.1, 0.15) is 12.0 Å². The van der Waals surface area contributed by atoms with E-state index in [4.69, 9.17) is 21.1 Å². The minimum absolute atomic E-state index is 0.0134. The molecule has 0 spiro atoms. The molecule has 0 saturated heterocycles. The molecule has 2 aromatic rings. The van der Waals surface area contributed by atoms with E-state index in [0.29, 0.717) is 19.5 Å². The topological polar surface area (TPSA) is 79.8 Å². The summed E-state index contributed by atoms with van der Waals surface area (Å²) in [5.74, 6) is -0.00171. The minimum Gasteiger partial charge on any atom is -0.497 e. The van der Waals surface area contributed by atoms with Gasteiger partial charge in [0.2, 0.25) is 0 Å². The molecule has 0 heterocycles. The molecule has 0 aliphatic rings. The van der Waals surface area contributed by atoms with Gasteiger partial charge in [-0.25, -0.2) is 4.39 Å². The summed E-state index contributed by atoms with van der Waals surface area (Å²) in [6, 6.07) is 11.7. The first-order chi connectivity index (χ1) is 13.5. The second-order valence-corrected chi connectivity index (χ2v) is 6.54. The Bertz CT molecular complexity index is 758. The van der Waals surface area contributed by atoms with E-state index in [0.717, 1.165) is 17.4 Å². The van der Waals surface area contributed by atoms with Crippen molar-refractivity contribution in [3.8, 4) is 11.5 Å². The van der Waals surface area contributed by atoms with E-state index in [1.807, 2.05) is 24.3 Å². The molecule has 3 N–H and O–H groups in total. The first-order valence-electron chi connectivity index (χ1n) is 8.84. The van der Waals surface area contributed by atoms with Crippen molar-refractivity contribution >= 4 is 17.5 Å². The lowest BCUT2D eigenvalue weighted by Crippen LogP contribution is -2.36. The largest absolute Gasteiger partial charge is 0.497 e. The van der Waals surface area contributed by atoms with Crippen molar-refractivity contribution < 1.29 is 23.8 Å². The van der Waals surface area contributed by atoms with E-state index in [9.17, 15) is 14.3 Å². The van der Waals surface area contributed by atoms with Gasteiger partial charge in [0.25, 0.3) is 5.91 Å². The monoisotopic (exact) mass is 410 g/mol. The second-order valence-electron chi connectivity index (χ2n) is 6.14. The van der Waals surface area contributed by atoms with Crippen LogP contribution in [-0.2, 0) is 11.3 Å². The molecular weight excluding hydrogens is 387 g/mol. The minimum atomic E-state index is -0.680. The van der Waals surface area contributed by atoms with Gasteiger partial charge in [0, 0.05) is 19.2 Å². The highest BCUT2D eigenvalue weighted by Gasteiger charge is 2.09. The lowest BCUT2D eigenvalue weighted by molar-refractivity contribution is -0.123. The molecule has 2 rings (SSSR count). The van der Waals surface area contributed by atoms with Gasteiger partial charge in [-0.05, 0) is 42.8 Å². The molecular formula is C20H24ClFN2O4. The van der Waals surface area contributed by atoms with Crippen LogP contribution in [0.2, 0.25) is 5.02 Å². The number of hydrogen-bond donors (Lipinski definition) is 3. The molecule has 28 heavy (non-hydrogen) atoms. The highest BCUT2D eigenvalue weighted by atomic mass is 35.5. The fourth-order valence-electron chi connectivity index (χ4n) is 2.35. The number of halogens is 2. The van der Waals surface area contributed by atoms with E-state index in [1.54, 1.807) is 7.11 Å². The molecule has 2 aromatic carbocycles. The van der Waals surface area contributed by atoms with Gasteiger partial charge in [0.05, 0.1) is 18.2 Å². The van der Waals surface area contributed by atoms with E-state index in [-0.39, 0.29) is 23.9 Å². The van der Waals surface area contributed by atoms with Crippen LogP contribution >= 0.6 is 11.6 Å². The third-order valence-corrected chi connectivity index (χ3v) is 4.24. The number of carbonyl (C=O) groups is 1. The first kappa shape index (κ1) is 21.9. The molecule has 1 amide bonds. The molecule has 152 valence electrons. The lowest BCUT2D eigenvalue weighted by atomic mass is 10.2. The molecule has 0 saturated carbocycles. The molecule has 8 heteroatoms. The molecule has 0 radical (unpaired) electrons. The van der Waals surface area contributed by atoms with Crippen LogP contribution < -0.4 is 20.1 Å². The summed E-state index contributed by atoms with van der Waals surface area (Å²) in [5, 5.41) is 15.7. The van der Waals surface area contributed by atoms with Crippen LogP contribution in [-0.4, -0.2) is 43.9 Å². The summed E-state index contributed by atoms with van der Waals surface area (Å²) in [4.78, 5) is 11.7. The molecule has 0 bridgehead atoms. The average molecular weight is 411 g/mol. The first-order valence-corrected chi connectivity index (χ1v) is 9.22. The lowest BCUT2D eigenvalue weighted by Gasteiger charge is -2.13. The number of methoxy groups -OCH3 is 1. The smallest absolute Gasteiger partial charge is 0.258 e. The molecule has 1 atom stereocenters. The van der Waals surface area contributed by atoms with Gasteiger partial charge in [0.15, 0.2) is 6.61 Å². The summed E-state index contributed by atoms with van der Waals surface area (Å²) in [6.07, 6.45) is -0.194. The van der Waals surface area contributed by atoms with Gasteiger partial charge < -0.3 is 25.2 Å². The Balaban J connectivity index is 1.57. The van der Waals surface area contributed by atoms with E-state index in [2.05, 4.69) is 10.6 Å². The van der Waals surface area contributed by atoms with Gasteiger partial charge >= 0.3 is 0 Å². The third-order valence-electron chi connectivity index (χ3n) is 3.94. The average Bonchev–Trinajstić information content (AvgIpc) is 2.71. The number of amides is 1. The zero-order valence-corrected chi connectivity index (χ0v) is 16.3. The Morgan fingerprint density at radius 1 is 1.21 bits per heavy atom. The van der Waals surface area contributed by atoms with Crippen molar-refractivity contribution in [3.05, 3.63) is 58.9 Å². The van der Waals surface area contributed by atoms with Gasteiger partial charge in [-0.1, -0.05) is 23.7 Å². The number of rotatable bonds is 11. The molecule has 0 aromatic heterocycles. The summed E-state index contributed by atoms with van der Waals surface area (Å²) >= 11 is 5.58. The third kappa shape index (κ3) is 7.72. The Kier molecular flexibility index (Phi) is 9.00. The zero-order valence-electron chi connectivity index (χ0n) is 15.6. The zero-order chi connectivity index (χ0) is 20.4. The number of nitrogens with one attached hydrogen (secondary N) is 2. The molecule has 0 fully saturated rings. The number of hydrogen-bond acceptors (Lipinski definition) is 5. The maximum atomic E-state index is 13.3. The molecule has 0 aliphatic heterocycles. The Morgan fingerprint density at radius 2 is 1.93 bits per heavy atom. The number of carbonyl (C=O) groups excluding carboxylic acids is 1. The Hall–Kier alpha value is -2.35. The van der Waals surface area contributed by atoms with E-state index in [1.165, 1.54) is 12.1 Å². The predicted molar refractivity (Wildman–Crippen MR) is 105 cm³/mol. The van der Waals surface area contributed by atoms with Gasteiger partial charge in [-0.2, -0.15) is 0 Å². The highest BCUT2D eigenvalue weighted by Crippen LogP contribution is 2.20. The fourth-order valence-corrected chi connectivity index (χ4v) is 2.46. The van der Waals surface area contributed by atoms with E-state index < -0.39 is 17.8 Å². The van der Waals surface area contributed by atoms with Crippen molar-refractivity contribution in [2.45, 2.75) is 19.1 Å².